The maximum Gasteiger partial charge on any atom is 0.410 e. The van der Waals surface area contributed by atoms with Crippen molar-refractivity contribution in [3.8, 4) is 23.2 Å². The standard InChI is InChI=1S/C26H26BrFN4O3/c1-2-34-25-23(27)24(20-8-9-21(15-29)22(28)14-20)30-32(25)16-18-10-12-31(13-11-18)26(33)35-17-19-6-4-3-5-7-19/h3-9,14,18H,2,10-13,16-17H2,1H3. The van der Waals surface area contributed by atoms with E-state index < -0.39 is 5.82 Å². The van der Waals surface area contributed by atoms with Crippen LogP contribution in [-0.4, -0.2) is 40.5 Å². The second-order valence-corrected chi connectivity index (χ2v) is 9.15. The quantitative estimate of drug-likeness (QED) is 0.380. The van der Waals surface area contributed by atoms with Crippen molar-refractivity contribution < 1.29 is 18.7 Å². The Labute approximate surface area is 212 Å². The number of hydrogen-bond acceptors (Lipinski definition) is 5. The van der Waals surface area contributed by atoms with Gasteiger partial charge in [0.25, 0.3) is 0 Å². The lowest BCUT2D eigenvalue weighted by atomic mass is 9.97. The second-order valence-electron chi connectivity index (χ2n) is 8.36. The van der Waals surface area contributed by atoms with E-state index in [4.69, 9.17) is 19.8 Å². The van der Waals surface area contributed by atoms with E-state index in [1.807, 2.05) is 43.3 Å². The number of likely N-dealkylation sites (tertiary alicyclic amines) is 1. The molecule has 0 saturated carbocycles. The zero-order valence-corrected chi connectivity index (χ0v) is 21.0. The van der Waals surface area contributed by atoms with Gasteiger partial charge in [-0.05, 0) is 59.3 Å². The molecule has 3 aromatic rings. The van der Waals surface area contributed by atoms with Crippen LogP contribution in [0.2, 0.25) is 0 Å². The normalized spacial score (nSPS) is 13.9. The fourth-order valence-electron chi connectivity index (χ4n) is 4.11. The number of benzene rings is 2. The van der Waals surface area contributed by atoms with Crippen LogP contribution in [0.3, 0.4) is 0 Å². The number of piperidine rings is 1. The molecule has 2 aromatic carbocycles. The Morgan fingerprint density at radius 3 is 2.63 bits per heavy atom. The van der Waals surface area contributed by atoms with Gasteiger partial charge in [0.2, 0.25) is 5.88 Å². The number of carbonyl (C=O) groups excluding carboxylic acids is 1. The summed E-state index contributed by atoms with van der Waals surface area (Å²) in [6, 6.07) is 15.9. The molecule has 0 atom stereocenters. The van der Waals surface area contributed by atoms with E-state index in [1.165, 1.54) is 12.1 Å². The van der Waals surface area contributed by atoms with Gasteiger partial charge in [0.05, 0.1) is 12.2 Å². The van der Waals surface area contributed by atoms with Gasteiger partial charge in [0.1, 0.15) is 28.7 Å². The summed E-state index contributed by atoms with van der Waals surface area (Å²) >= 11 is 3.56. The monoisotopic (exact) mass is 540 g/mol. The van der Waals surface area contributed by atoms with E-state index in [9.17, 15) is 9.18 Å². The molecule has 182 valence electrons. The van der Waals surface area contributed by atoms with Gasteiger partial charge < -0.3 is 14.4 Å². The zero-order chi connectivity index (χ0) is 24.8. The predicted molar refractivity (Wildman–Crippen MR) is 132 cm³/mol. The third-order valence-corrected chi connectivity index (χ3v) is 6.72. The van der Waals surface area contributed by atoms with E-state index in [0.29, 0.717) is 53.8 Å². The first-order valence-electron chi connectivity index (χ1n) is 11.5. The number of ether oxygens (including phenoxy) is 2. The van der Waals surface area contributed by atoms with Crippen LogP contribution in [-0.2, 0) is 17.9 Å². The Bertz CT molecular complexity index is 1220. The fourth-order valence-corrected chi connectivity index (χ4v) is 4.74. The molecule has 0 aliphatic carbocycles. The summed E-state index contributed by atoms with van der Waals surface area (Å²) in [5, 5.41) is 13.7. The van der Waals surface area contributed by atoms with Crippen LogP contribution in [0.25, 0.3) is 11.3 Å². The van der Waals surface area contributed by atoms with Crippen molar-refractivity contribution in [3.63, 3.8) is 0 Å². The van der Waals surface area contributed by atoms with Crippen LogP contribution in [0, 0.1) is 23.1 Å². The molecule has 0 unspecified atom stereocenters. The summed E-state index contributed by atoms with van der Waals surface area (Å²) < 4.78 is 27.9. The lowest BCUT2D eigenvalue weighted by molar-refractivity contribution is 0.0799. The van der Waals surface area contributed by atoms with Crippen molar-refractivity contribution in [2.45, 2.75) is 32.9 Å². The van der Waals surface area contributed by atoms with Gasteiger partial charge >= 0.3 is 6.09 Å². The number of carbonyl (C=O) groups is 1. The van der Waals surface area contributed by atoms with Gasteiger partial charge in [-0.15, -0.1) is 0 Å². The Kier molecular flexibility index (Phi) is 8.03. The number of nitrogens with zero attached hydrogens (tertiary/aromatic N) is 4. The van der Waals surface area contributed by atoms with Gasteiger partial charge in [-0.3, -0.25) is 0 Å². The molecule has 1 aromatic heterocycles. The minimum Gasteiger partial charge on any atom is -0.477 e. The van der Waals surface area contributed by atoms with Crippen LogP contribution in [0.15, 0.2) is 53.0 Å². The van der Waals surface area contributed by atoms with E-state index >= 15 is 0 Å². The summed E-state index contributed by atoms with van der Waals surface area (Å²) in [4.78, 5) is 14.2. The Hall–Kier alpha value is -3.38. The second kappa shape index (κ2) is 11.4. The molecule has 1 amide bonds. The van der Waals surface area contributed by atoms with E-state index in [-0.39, 0.29) is 18.3 Å². The van der Waals surface area contributed by atoms with E-state index in [1.54, 1.807) is 15.6 Å². The average Bonchev–Trinajstić information content (AvgIpc) is 3.18. The Morgan fingerprint density at radius 2 is 1.97 bits per heavy atom. The highest BCUT2D eigenvalue weighted by Crippen LogP contribution is 2.37. The summed E-state index contributed by atoms with van der Waals surface area (Å²) in [6.07, 6.45) is 1.32. The van der Waals surface area contributed by atoms with Crippen molar-refractivity contribution in [1.82, 2.24) is 14.7 Å². The number of halogens is 2. The molecular weight excluding hydrogens is 515 g/mol. The Morgan fingerprint density at radius 1 is 1.23 bits per heavy atom. The first-order chi connectivity index (χ1) is 17.0. The lowest BCUT2D eigenvalue weighted by Gasteiger charge is -2.31. The molecule has 35 heavy (non-hydrogen) atoms. The molecular formula is C26H26BrFN4O3. The summed E-state index contributed by atoms with van der Waals surface area (Å²) in [7, 11) is 0. The van der Waals surface area contributed by atoms with Crippen LogP contribution in [0.5, 0.6) is 5.88 Å². The molecule has 0 spiro atoms. The maximum atomic E-state index is 14.2. The van der Waals surface area contributed by atoms with Crippen molar-refractivity contribution in [2.24, 2.45) is 5.92 Å². The largest absolute Gasteiger partial charge is 0.477 e. The summed E-state index contributed by atoms with van der Waals surface area (Å²) in [6.45, 7) is 4.44. The molecule has 1 saturated heterocycles. The fraction of sp³-hybridized carbons (Fsp3) is 0.346. The van der Waals surface area contributed by atoms with Gasteiger partial charge in [0.15, 0.2) is 0 Å². The molecule has 1 aliphatic heterocycles. The first-order valence-corrected chi connectivity index (χ1v) is 12.3. The number of hydrogen-bond donors (Lipinski definition) is 0. The molecule has 0 bridgehead atoms. The van der Waals surface area contributed by atoms with Gasteiger partial charge in [-0.2, -0.15) is 10.4 Å². The molecule has 0 N–H and O–H groups in total. The van der Waals surface area contributed by atoms with Crippen molar-refractivity contribution in [2.75, 3.05) is 19.7 Å². The number of aromatic nitrogens is 2. The van der Waals surface area contributed by atoms with Crippen LogP contribution in [0.1, 0.15) is 30.9 Å². The molecule has 2 heterocycles. The lowest BCUT2D eigenvalue weighted by Crippen LogP contribution is -2.39. The molecule has 4 rings (SSSR count). The third-order valence-electron chi connectivity index (χ3n) is 6.00. The molecule has 9 heteroatoms. The van der Waals surface area contributed by atoms with E-state index in [2.05, 4.69) is 15.9 Å². The summed E-state index contributed by atoms with van der Waals surface area (Å²) in [5.74, 6) is 0.289. The van der Waals surface area contributed by atoms with Crippen molar-refractivity contribution in [3.05, 3.63) is 69.9 Å². The molecule has 0 radical (unpaired) electrons. The Balaban J connectivity index is 1.40. The SMILES string of the molecule is CCOc1c(Br)c(-c2ccc(C#N)c(F)c2)nn1CC1CCN(C(=O)OCc2ccccc2)CC1. The smallest absolute Gasteiger partial charge is 0.410 e. The van der Waals surface area contributed by atoms with Crippen LogP contribution >= 0.6 is 15.9 Å². The number of amides is 1. The zero-order valence-electron chi connectivity index (χ0n) is 19.4. The molecule has 1 fully saturated rings. The van der Waals surface area contributed by atoms with Crippen LogP contribution < -0.4 is 4.74 Å². The number of rotatable bonds is 7. The highest BCUT2D eigenvalue weighted by Gasteiger charge is 2.27. The van der Waals surface area contributed by atoms with Crippen LogP contribution in [0.4, 0.5) is 9.18 Å². The highest BCUT2D eigenvalue weighted by molar-refractivity contribution is 9.10. The maximum absolute atomic E-state index is 14.2. The van der Waals surface area contributed by atoms with Crippen molar-refractivity contribution >= 4 is 22.0 Å². The highest BCUT2D eigenvalue weighted by atomic mass is 79.9. The predicted octanol–water partition coefficient (Wildman–Crippen LogP) is 5.77. The minimum atomic E-state index is -0.587. The van der Waals surface area contributed by atoms with Gasteiger partial charge in [-0.1, -0.05) is 36.4 Å². The van der Waals surface area contributed by atoms with Gasteiger partial charge in [-0.25, -0.2) is 13.9 Å². The molecule has 7 nitrogen and oxygen atoms in total. The topological polar surface area (TPSA) is 80.4 Å². The third kappa shape index (κ3) is 5.82. The average molecular weight is 541 g/mol. The van der Waals surface area contributed by atoms with E-state index in [0.717, 1.165) is 18.4 Å². The minimum absolute atomic E-state index is 0.0107. The molecule has 1 aliphatic rings. The summed E-state index contributed by atoms with van der Waals surface area (Å²) in [5.41, 5.74) is 2.06. The van der Waals surface area contributed by atoms with Gasteiger partial charge in [0, 0.05) is 25.2 Å². The first kappa shape index (κ1) is 24.7. The van der Waals surface area contributed by atoms with Crippen molar-refractivity contribution in [1.29, 1.82) is 5.26 Å². The number of nitriles is 1.